The summed E-state index contributed by atoms with van der Waals surface area (Å²) in [4.78, 5) is 10.3. The van der Waals surface area contributed by atoms with Gasteiger partial charge in [0.25, 0.3) is 0 Å². The molecule has 6 nitrogen and oxygen atoms in total. The Hall–Kier alpha value is -0.660. The van der Waals surface area contributed by atoms with Crippen LogP contribution in [0.1, 0.15) is 13.8 Å². The molecular formula is C6H13NO5S. The summed E-state index contributed by atoms with van der Waals surface area (Å²) < 4.78 is 24.1. The molecule has 0 aromatic heterocycles. The number of nitrogens with one attached hydrogen (secondary N) is 1. The molecule has 78 valence electrons. The van der Waals surface area contributed by atoms with Crippen molar-refractivity contribution in [2.24, 2.45) is 0 Å². The number of sulfonamides is 1. The minimum Gasteiger partial charge on any atom is -0.480 e. The van der Waals surface area contributed by atoms with Crippen molar-refractivity contribution in [3.8, 4) is 0 Å². The van der Waals surface area contributed by atoms with Gasteiger partial charge in [-0.1, -0.05) is 0 Å². The van der Waals surface area contributed by atoms with E-state index in [4.69, 9.17) is 10.2 Å². The Labute approximate surface area is 76.6 Å². The van der Waals surface area contributed by atoms with Crippen molar-refractivity contribution in [3.63, 3.8) is 0 Å². The monoisotopic (exact) mass is 211 g/mol. The Morgan fingerprint density at radius 1 is 1.46 bits per heavy atom. The number of hydrogen-bond donors (Lipinski definition) is 3. The van der Waals surface area contributed by atoms with Gasteiger partial charge in [-0.3, -0.25) is 4.79 Å². The topological polar surface area (TPSA) is 104 Å². The fraction of sp³-hybridized carbons (Fsp3) is 0.833. The number of carboxylic acid groups (broad SMARTS) is 1. The first-order valence-corrected chi connectivity index (χ1v) is 5.21. The average Bonchev–Trinajstić information content (AvgIpc) is 1.99. The lowest BCUT2D eigenvalue weighted by Gasteiger charge is -2.10. The molecule has 0 radical (unpaired) electrons. The summed E-state index contributed by atoms with van der Waals surface area (Å²) in [5.41, 5.74) is 0. The smallest absolute Gasteiger partial charge is 0.323 e. The maximum Gasteiger partial charge on any atom is 0.323 e. The normalized spacial score (nSPS) is 16.5. The van der Waals surface area contributed by atoms with E-state index in [1.165, 1.54) is 6.92 Å². The first kappa shape index (κ1) is 12.3. The summed E-state index contributed by atoms with van der Waals surface area (Å²) >= 11 is 0. The minimum atomic E-state index is -3.86. The van der Waals surface area contributed by atoms with Crippen LogP contribution < -0.4 is 4.72 Å². The molecule has 3 N–H and O–H groups in total. The molecule has 13 heavy (non-hydrogen) atoms. The molecule has 0 aromatic carbocycles. The van der Waals surface area contributed by atoms with Crippen molar-refractivity contribution in [1.29, 1.82) is 0 Å². The summed E-state index contributed by atoms with van der Waals surface area (Å²) in [7, 11) is -3.86. The molecule has 0 aliphatic rings. The number of carboxylic acids is 1. The van der Waals surface area contributed by atoms with Crippen LogP contribution in [0.5, 0.6) is 0 Å². The highest BCUT2D eigenvalue weighted by molar-refractivity contribution is 7.90. The van der Waals surface area contributed by atoms with Crippen LogP contribution in [0.3, 0.4) is 0 Å². The molecule has 0 aliphatic carbocycles. The van der Waals surface area contributed by atoms with Gasteiger partial charge in [-0.15, -0.1) is 0 Å². The van der Waals surface area contributed by atoms with Crippen LogP contribution in [0.15, 0.2) is 0 Å². The molecule has 0 rings (SSSR count). The molecule has 0 aliphatic heterocycles. The molecule has 2 atom stereocenters. The molecule has 0 bridgehead atoms. The summed E-state index contributed by atoms with van der Waals surface area (Å²) in [5.74, 6) is -1.42. The van der Waals surface area contributed by atoms with Crippen LogP contribution in [0, 0.1) is 0 Å². The predicted octanol–water partition coefficient (Wildman–Crippen LogP) is -1.24. The maximum atomic E-state index is 11.1. The number of aliphatic carboxylic acids is 1. The first-order valence-electron chi connectivity index (χ1n) is 3.66. The van der Waals surface area contributed by atoms with Crippen LogP contribution in [0.4, 0.5) is 0 Å². The Morgan fingerprint density at radius 2 is 1.92 bits per heavy atom. The van der Waals surface area contributed by atoms with Crippen molar-refractivity contribution in [1.82, 2.24) is 4.72 Å². The van der Waals surface area contributed by atoms with E-state index in [1.807, 2.05) is 4.72 Å². The van der Waals surface area contributed by atoms with Crippen LogP contribution in [-0.4, -0.2) is 42.5 Å². The number of carbonyl (C=O) groups is 1. The number of rotatable bonds is 5. The SMILES string of the molecule is CC(C(=O)O)S(=O)(=O)NC[C@@H](C)O. The van der Waals surface area contributed by atoms with E-state index in [1.54, 1.807) is 0 Å². The van der Waals surface area contributed by atoms with Crippen molar-refractivity contribution >= 4 is 16.0 Å². The van der Waals surface area contributed by atoms with E-state index >= 15 is 0 Å². The number of aliphatic hydroxyl groups is 1. The summed E-state index contributed by atoms with van der Waals surface area (Å²) in [6.45, 7) is 2.28. The quantitative estimate of drug-likeness (QED) is 0.527. The van der Waals surface area contributed by atoms with Gasteiger partial charge in [-0.25, -0.2) is 13.1 Å². The number of aliphatic hydroxyl groups excluding tert-OH is 1. The van der Waals surface area contributed by atoms with Crippen molar-refractivity contribution in [2.45, 2.75) is 25.2 Å². The molecule has 0 saturated carbocycles. The Morgan fingerprint density at radius 3 is 2.23 bits per heavy atom. The van der Waals surface area contributed by atoms with Crippen LogP contribution in [-0.2, 0) is 14.8 Å². The van der Waals surface area contributed by atoms with Crippen LogP contribution in [0.25, 0.3) is 0 Å². The third-order valence-electron chi connectivity index (χ3n) is 1.39. The zero-order valence-electron chi connectivity index (χ0n) is 7.39. The lowest BCUT2D eigenvalue weighted by atomic mass is 10.4. The fourth-order valence-corrected chi connectivity index (χ4v) is 1.48. The Balaban J connectivity index is 4.33. The Kier molecular flexibility index (Phi) is 4.31. The predicted molar refractivity (Wildman–Crippen MR) is 45.7 cm³/mol. The van der Waals surface area contributed by atoms with Gasteiger partial charge in [0.05, 0.1) is 6.10 Å². The second-order valence-electron chi connectivity index (χ2n) is 2.72. The highest BCUT2D eigenvalue weighted by Crippen LogP contribution is 1.97. The van der Waals surface area contributed by atoms with Crippen molar-refractivity contribution in [3.05, 3.63) is 0 Å². The zero-order chi connectivity index (χ0) is 10.6. The summed E-state index contributed by atoms with van der Waals surface area (Å²) in [6.07, 6.45) is -0.837. The highest BCUT2D eigenvalue weighted by atomic mass is 32.2. The Bertz CT molecular complexity index is 271. The molecule has 0 amide bonds. The molecule has 0 saturated heterocycles. The number of hydrogen-bond acceptors (Lipinski definition) is 4. The molecule has 0 heterocycles. The third-order valence-corrected chi connectivity index (χ3v) is 3.09. The molecule has 1 unspecified atom stereocenters. The van der Waals surface area contributed by atoms with Gasteiger partial charge >= 0.3 is 5.97 Å². The molecule has 7 heteroatoms. The molecule has 0 spiro atoms. The molecular weight excluding hydrogens is 198 g/mol. The highest BCUT2D eigenvalue weighted by Gasteiger charge is 2.27. The van der Waals surface area contributed by atoms with Crippen molar-refractivity contribution in [2.75, 3.05) is 6.54 Å². The van der Waals surface area contributed by atoms with E-state index in [2.05, 4.69) is 0 Å². The van der Waals surface area contributed by atoms with E-state index in [0.29, 0.717) is 0 Å². The van der Waals surface area contributed by atoms with Gasteiger partial charge in [0, 0.05) is 6.54 Å². The summed E-state index contributed by atoms with van der Waals surface area (Å²) in [6, 6.07) is 0. The zero-order valence-corrected chi connectivity index (χ0v) is 8.21. The van der Waals surface area contributed by atoms with Gasteiger partial charge in [0.2, 0.25) is 10.0 Å². The van der Waals surface area contributed by atoms with Crippen LogP contribution in [0.2, 0.25) is 0 Å². The lowest BCUT2D eigenvalue weighted by molar-refractivity contribution is -0.136. The second-order valence-corrected chi connectivity index (χ2v) is 4.81. The van der Waals surface area contributed by atoms with Gasteiger partial charge in [-0.05, 0) is 13.8 Å². The first-order chi connectivity index (χ1) is 5.77. The van der Waals surface area contributed by atoms with Crippen LogP contribution >= 0.6 is 0 Å². The van der Waals surface area contributed by atoms with E-state index in [-0.39, 0.29) is 6.54 Å². The van der Waals surface area contributed by atoms with Gasteiger partial charge < -0.3 is 10.2 Å². The summed E-state index contributed by atoms with van der Waals surface area (Å²) in [5, 5.41) is 15.7. The van der Waals surface area contributed by atoms with E-state index in [9.17, 15) is 13.2 Å². The lowest BCUT2D eigenvalue weighted by Crippen LogP contribution is -2.40. The van der Waals surface area contributed by atoms with Gasteiger partial charge in [0.15, 0.2) is 5.25 Å². The fourth-order valence-electron chi connectivity index (χ4n) is 0.494. The third kappa shape index (κ3) is 4.20. The van der Waals surface area contributed by atoms with E-state index < -0.39 is 27.3 Å². The molecule has 0 aromatic rings. The maximum absolute atomic E-state index is 11.1. The molecule has 0 fully saturated rings. The average molecular weight is 211 g/mol. The van der Waals surface area contributed by atoms with Crippen molar-refractivity contribution < 1.29 is 23.4 Å². The van der Waals surface area contributed by atoms with Gasteiger partial charge in [0.1, 0.15) is 0 Å². The minimum absolute atomic E-state index is 0.181. The largest absolute Gasteiger partial charge is 0.480 e. The standard InChI is InChI=1S/C6H13NO5S/c1-4(8)3-7-13(11,12)5(2)6(9)10/h4-5,7-8H,3H2,1-2H3,(H,9,10)/t4-,5?/m1/s1. The van der Waals surface area contributed by atoms with Gasteiger partial charge in [-0.2, -0.15) is 0 Å². The second kappa shape index (κ2) is 4.54. The van der Waals surface area contributed by atoms with E-state index in [0.717, 1.165) is 6.92 Å².